The molecular weight excluding hydrogens is 288 g/mol. The molecule has 0 spiro atoms. The van der Waals surface area contributed by atoms with Gasteiger partial charge in [0.1, 0.15) is 5.52 Å². The molecule has 1 atom stereocenters. The third-order valence-corrected chi connectivity index (χ3v) is 4.58. The zero-order valence-electron chi connectivity index (χ0n) is 12.9. The highest BCUT2D eigenvalue weighted by molar-refractivity contribution is 5.74. The molecule has 0 saturated carbocycles. The fourth-order valence-electron chi connectivity index (χ4n) is 3.34. The number of fused-ring (bicyclic) bond motifs is 1. The van der Waals surface area contributed by atoms with Crippen LogP contribution in [0.3, 0.4) is 0 Å². The minimum Gasteiger partial charge on any atom is -0.395 e. The van der Waals surface area contributed by atoms with Gasteiger partial charge in [-0.25, -0.2) is 9.97 Å². The Balaban J connectivity index is 1.60. The third-order valence-electron chi connectivity index (χ3n) is 4.58. The molecule has 5 heteroatoms. The Labute approximate surface area is 135 Å². The van der Waals surface area contributed by atoms with E-state index >= 15 is 0 Å². The Hall–Kier alpha value is -2.24. The maximum atomic E-state index is 9.46. The number of nitrogens with zero attached hydrogens (tertiary/aromatic N) is 3. The first kappa shape index (κ1) is 14.4. The average Bonchev–Trinajstić information content (AvgIpc) is 3.23. The molecule has 118 valence electrons. The first-order chi connectivity index (χ1) is 11.3. The average molecular weight is 308 g/mol. The second-order valence-corrected chi connectivity index (χ2v) is 6.12. The first-order valence-corrected chi connectivity index (χ1v) is 8.08. The van der Waals surface area contributed by atoms with Gasteiger partial charge in [-0.3, -0.25) is 4.90 Å². The predicted octanol–water partition coefficient (Wildman–Crippen LogP) is 2.58. The van der Waals surface area contributed by atoms with Crippen LogP contribution in [0.2, 0.25) is 0 Å². The molecule has 1 aliphatic rings. The zero-order chi connectivity index (χ0) is 15.6. The summed E-state index contributed by atoms with van der Waals surface area (Å²) in [5, 5.41) is 9.46. The summed E-state index contributed by atoms with van der Waals surface area (Å²) in [6, 6.07) is 10.7. The van der Waals surface area contributed by atoms with Crippen molar-refractivity contribution in [3.05, 3.63) is 48.3 Å². The number of likely N-dealkylation sites (tertiary alicyclic amines) is 1. The lowest BCUT2D eigenvalue weighted by Crippen LogP contribution is -2.31. The third kappa shape index (κ3) is 2.85. The van der Waals surface area contributed by atoms with Gasteiger partial charge in [0.25, 0.3) is 0 Å². The van der Waals surface area contributed by atoms with Gasteiger partial charge in [-0.2, -0.15) is 0 Å². The molecule has 1 aliphatic heterocycles. The molecule has 0 aliphatic carbocycles. The molecule has 2 aromatic heterocycles. The predicted molar refractivity (Wildman–Crippen MR) is 89.8 cm³/mol. The number of hydrogen-bond acceptors (Lipinski definition) is 4. The van der Waals surface area contributed by atoms with E-state index < -0.39 is 0 Å². The SMILES string of the molecule is OC[C@H]1CCCN1Cc1cccc(-c2cnc3[nH]ccc3n2)c1. The van der Waals surface area contributed by atoms with Gasteiger partial charge in [0.2, 0.25) is 0 Å². The number of nitrogens with one attached hydrogen (secondary N) is 1. The van der Waals surface area contributed by atoms with Crippen LogP contribution in [-0.2, 0) is 6.54 Å². The summed E-state index contributed by atoms with van der Waals surface area (Å²) in [7, 11) is 0. The van der Waals surface area contributed by atoms with Gasteiger partial charge >= 0.3 is 0 Å². The van der Waals surface area contributed by atoms with Gasteiger partial charge in [-0.15, -0.1) is 0 Å². The Bertz CT molecular complexity index is 813. The molecule has 0 bridgehead atoms. The van der Waals surface area contributed by atoms with E-state index in [2.05, 4.69) is 44.1 Å². The van der Waals surface area contributed by atoms with E-state index in [4.69, 9.17) is 0 Å². The Morgan fingerprint density at radius 3 is 3.17 bits per heavy atom. The highest BCUT2D eigenvalue weighted by atomic mass is 16.3. The molecule has 3 heterocycles. The summed E-state index contributed by atoms with van der Waals surface area (Å²) < 4.78 is 0. The van der Waals surface area contributed by atoms with Crippen molar-refractivity contribution in [3.8, 4) is 11.3 Å². The number of aliphatic hydroxyl groups is 1. The summed E-state index contributed by atoms with van der Waals surface area (Å²) in [6.07, 6.45) is 5.92. The van der Waals surface area contributed by atoms with Gasteiger partial charge in [-0.1, -0.05) is 18.2 Å². The fraction of sp³-hybridized carbons (Fsp3) is 0.333. The van der Waals surface area contributed by atoms with Crippen molar-refractivity contribution in [1.82, 2.24) is 19.9 Å². The monoisotopic (exact) mass is 308 g/mol. The normalized spacial score (nSPS) is 18.7. The van der Waals surface area contributed by atoms with E-state index in [9.17, 15) is 5.11 Å². The van der Waals surface area contributed by atoms with Crippen molar-refractivity contribution in [2.75, 3.05) is 13.2 Å². The van der Waals surface area contributed by atoms with Crippen LogP contribution in [0.4, 0.5) is 0 Å². The molecule has 1 saturated heterocycles. The largest absolute Gasteiger partial charge is 0.395 e. The molecule has 3 aromatic rings. The van der Waals surface area contributed by atoms with Crippen molar-refractivity contribution in [2.45, 2.75) is 25.4 Å². The maximum Gasteiger partial charge on any atom is 0.156 e. The number of aromatic amines is 1. The molecule has 5 nitrogen and oxygen atoms in total. The van der Waals surface area contributed by atoms with Crippen LogP contribution >= 0.6 is 0 Å². The molecule has 1 aromatic carbocycles. The number of hydrogen-bond donors (Lipinski definition) is 2. The molecule has 2 N–H and O–H groups in total. The molecule has 4 rings (SSSR count). The van der Waals surface area contributed by atoms with Crippen molar-refractivity contribution in [2.24, 2.45) is 0 Å². The fourth-order valence-corrected chi connectivity index (χ4v) is 3.34. The summed E-state index contributed by atoms with van der Waals surface area (Å²) in [4.78, 5) is 14.5. The van der Waals surface area contributed by atoms with Crippen LogP contribution in [0.15, 0.2) is 42.7 Å². The van der Waals surface area contributed by atoms with Gasteiger partial charge in [-0.05, 0) is 37.1 Å². The number of aromatic nitrogens is 3. The van der Waals surface area contributed by atoms with E-state index in [0.717, 1.165) is 41.9 Å². The second-order valence-electron chi connectivity index (χ2n) is 6.12. The van der Waals surface area contributed by atoms with Gasteiger partial charge in [0.05, 0.1) is 18.5 Å². The summed E-state index contributed by atoms with van der Waals surface area (Å²) >= 11 is 0. The van der Waals surface area contributed by atoms with Crippen molar-refractivity contribution in [3.63, 3.8) is 0 Å². The lowest BCUT2D eigenvalue weighted by Gasteiger charge is -2.22. The van der Waals surface area contributed by atoms with Crippen LogP contribution < -0.4 is 0 Å². The quantitative estimate of drug-likeness (QED) is 0.777. The lowest BCUT2D eigenvalue weighted by atomic mass is 10.1. The molecule has 0 radical (unpaired) electrons. The smallest absolute Gasteiger partial charge is 0.156 e. The van der Waals surface area contributed by atoms with Gasteiger partial charge in [0.15, 0.2) is 5.65 Å². The number of benzene rings is 1. The minimum atomic E-state index is 0.245. The van der Waals surface area contributed by atoms with Crippen LogP contribution in [-0.4, -0.2) is 44.2 Å². The maximum absolute atomic E-state index is 9.46. The van der Waals surface area contributed by atoms with E-state index in [1.165, 1.54) is 12.0 Å². The van der Waals surface area contributed by atoms with Gasteiger partial charge in [0, 0.05) is 24.3 Å². The van der Waals surface area contributed by atoms with Crippen molar-refractivity contribution >= 4 is 11.2 Å². The van der Waals surface area contributed by atoms with Crippen LogP contribution in [0.1, 0.15) is 18.4 Å². The van der Waals surface area contributed by atoms with Crippen molar-refractivity contribution < 1.29 is 5.11 Å². The number of rotatable bonds is 4. The first-order valence-electron chi connectivity index (χ1n) is 8.08. The Morgan fingerprint density at radius 1 is 1.30 bits per heavy atom. The number of aliphatic hydroxyl groups excluding tert-OH is 1. The highest BCUT2D eigenvalue weighted by Crippen LogP contribution is 2.23. The van der Waals surface area contributed by atoms with Crippen LogP contribution in [0.25, 0.3) is 22.4 Å². The standard InChI is InChI=1S/C18H20N4O/c23-12-15-5-2-8-22(15)11-13-3-1-4-14(9-13)17-10-20-18-16(21-17)6-7-19-18/h1,3-4,6-7,9-10,15,23H,2,5,8,11-12H2,(H,19,20)/t15-/m1/s1. The lowest BCUT2D eigenvalue weighted by molar-refractivity contribution is 0.153. The molecule has 0 unspecified atom stereocenters. The Morgan fingerprint density at radius 2 is 2.26 bits per heavy atom. The Kier molecular flexibility index (Phi) is 3.81. The minimum absolute atomic E-state index is 0.245. The molecular formula is C18H20N4O. The van der Waals surface area contributed by atoms with E-state index in [1.807, 2.05) is 18.5 Å². The van der Waals surface area contributed by atoms with Crippen molar-refractivity contribution in [1.29, 1.82) is 0 Å². The van der Waals surface area contributed by atoms with Crippen LogP contribution in [0.5, 0.6) is 0 Å². The molecule has 23 heavy (non-hydrogen) atoms. The van der Waals surface area contributed by atoms with E-state index in [1.54, 1.807) is 0 Å². The molecule has 1 fully saturated rings. The van der Waals surface area contributed by atoms with E-state index in [-0.39, 0.29) is 6.61 Å². The summed E-state index contributed by atoms with van der Waals surface area (Å²) in [5.41, 5.74) is 4.91. The number of H-pyrrole nitrogens is 1. The van der Waals surface area contributed by atoms with E-state index in [0.29, 0.717) is 6.04 Å². The topological polar surface area (TPSA) is 65.0 Å². The summed E-state index contributed by atoms with van der Waals surface area (Å²) in [6.45, 7) is 2.18. The second kappa shape index (κ2) is 6.10. The summed E-state index contributed by atoms with van der Waals surface area (Å²) in [5.74, 6) is 0. The van der Waals surface area contributed by atoms with Gasteiger partial charge < -0.3 is 10.1 Å². The zero-order valence-corrected chi connectivity index (χ0v) is 12.9. The molecule has 0 amide bonds. The van der Waals surface area contributed by atoms with Crippen LogP contribution in [0, 0.1) is 0 Å². The highest BCUT2D eigenvalue weighted by Gasteiger charge is 2.23.